The largest absolute Gasteiger partial charge is 0.354 e. The number of hydrogen-bond acceptors (Lipinski definition) is 4. The number of H-pyrrole nitrogens is 1. The molecular weight excluding hydrogens is 1390 g/mol. The van der Waals surface area contributed by atoms with Crippen molar-refractivity contribution in [1.82, 2.24) is 9.55 Å². The van der Waals surface area contributed by atoms with Crippen LogP contribution in [0, 0.1) is 0 Å². The number of nitrogens with one attached hydrogen (secondary N) is 1. The number of benzene rings is 18. The molecule has 24 aromatic rings. The second-order valence-electron chi connectivity index (χ2n) is 26.9. The number of hydrogen-bond donors (Lipinski definition) is 1. The van der Waals surface area contributed by atoms with Gasteiger partial charge in [-0.05, 0) is 115 Å². The van der Waals surface area contributed by atoms with Crippen LogP contribution in [0.25, 0.3) is 217 Å². The van der Waals surface area contributed by atoms with Gasteiger partial charge in [-0.1, -0.05) is 283 Å². The van der Waals surface area contributed by atoms with Crippen LogP contribution < -0.4 is 0 Å². The summed E-state index contributed by atoms with van der Waals surface area (Å²) in [6.07, 6.45) is 0. The highest BCUT2D eigenvalue weighted by Gasteiger charge is 2.26. The van der Waals surface area contributed by atoms with Crippen molar-refractivity contribution >= 4 is 250 Å². The van der Waals surface area contributed by atoms with Gasteiger partial charge in [0, 0.05) is 150 Å². The molecule has 6 aromatic heterocycles. The van der Waals surface area contributed by atoms with Gasteiger partial charge in [0.15, 0.2) is 0 Å². The summed E-state index contributed by atoms with van der Waals surface area (Å²) in [5, 5.41) is 32.0. The van der Waals surface area contributed by atoms with Gasteiger partial charge < -0.3 is 9.55 Å². The van der Waals surface area contributed by atoms with Crippen LogP contribution in [-0.4, -0.2) is 9.55 Å². The average molecular weight is 1440 g/mol. The molecule has 18 aromatic carbocycles. The molecule has 6 heterocycles. The Balaban J connectivity index is 0.000000109. The van der Waals surface area contributed by atoms with Gasteiger partial charge in [-0.3, -0.25) is 0 Å². The van der Waals surface area contributed by atoms with E-state index < -0.39 is 0 Å². The quantitative estimate of drug-likeness (QED) is 0.170. The molecule has 0 atom stereocenters. The van der Waals surface area contributed by atoms with Crippen LogP contribution in [0.4, 0.5) is 0 Å². The first-order valence-corrected chi connectivity index (χ1v) is 39.0. The number of para-hydroxylation sites is 2. The van der Waals surface area contributed by atoms with Gasteiger partial charge in [0.1, 0.15) is 0 Å². The Morgan fingerprint density at radius 3 is 1.17 bits per heavy atom. The Morgan fingerprint density at radius 2 is 0.621 bits per heavy atom. The molecule has 0 aliphatic heterocycles. The lowest BCUT2D eigenvalue weighted by Gasteiger charge is -2.15. The van der Waals surface area contributed by atoms with Crippen LogP contribution in [0.3, 0.4) is 0 Å². The van der Waals surface area contributed by atoms with Crippen molar-refractivity contribution < 1.29 is 0 Å². The molecule has 0 bridgehead atoms. The Labute approximate surface area is 614 Å². The molecule has 7 heteroatoms. The molecule has 0 aliphatic rings. The molecule has 0 amide bonds. The summed E-state index contributed by atoms with van der Waals surface area (Å²) in [5.74, 6) is 0. The van der Waals surface area contributed by atoms with Crippen LogP contribution in [-0.2, 0) is 0 Å². The fourth-order valence-corrected chi connectivity index (χ4v) is 22.7. The van der Waals surface area contributed by atoms with E-state index in [0.717, 1.165) is 4.47 Å². The first-order valence-electron chi connectivity index (χ1n) is 34.9. The first-order chi connectivity index (χ1) is 51.1. The highest BCUT2D eigenvalue weighted by Crippen LogP contribution is 2.54. The predicted molar refractivity (Wildman–Crippen MR) is 458 cm³/mol. The maximum absolute atomic E-state index is 3.76. The number of aromatic amines is 1. The molecule has 0 unspecified atom stereocenters. The van der Waals surface area contributed by atoms with Crippen molar-refractivity contribution in [2.45, 2.75) is 0 Å². The Bertz CT molecular complexity index is 7730. The fourth-order valence-electron chi connectivity index (χ4n) is 17.2. The minimum Gasteiger partial charge on any atom is -0.354 e. The molecule has 0 saturated carbocycles. The summed E-state index contributed by atoms with van der Waals surface area (Å²) in [4.78, 5) is 3.76. The molecule has 103 heavy (non-hydrogen) atoms. The number of fused-ring (bicyclic) bond motifs is 36. The second-order valence-corrected chi connectivity index (χ2v) is 32.0. The highest BCUT2D eigenvalue weighted by molar-refractivity contribution is 9.10. The van der Waals surface area contributed by atoms with Crippen molar-refractivity contribution in [3.63, 3.8) is 0 Å². The number of nitrogens with zero attached hydrogens (tertiary/aromatic N) is 1. The zero-order valence-corrected chi connectivity index (χ0v) is 60.0. The van der Waals surface area contributed by atoms with E-state index in [4.69, 9.17) is 0 Å². The smallest absolute Gasteiger partial charge is 0.0626 e. The van der Waals surface area contributed by atoms with Gasteiger partial charge >= 0.3 is 0 Å². The Kier molecular flexibility index (Phi) is 13.4. The first kappa shape index (κ1) is 59.2. The van der Waals surface area contributed by atoms with Gasteiger partial charge in [0.2, 0.25) is 0 Å². The summed E-state index contributed by atoms with van der Waals surface area (Å²) in [6.45, 7) is 0. The molecule has 1 N–H and O–H groups in total. The van der Waals surface area contributed by atoms with Crippen molar-refractivity contribution in [3.05, 3.63) is 332 Å². The zero-order chi connectivity index (χ0) is 67.5. The van der Waals surface area contributed by atoms with E-state index in [9.17, 15) is 0 Å². The third-order valence-electron chi connectivity index (χ3n) is 21.4. The summed E-state index contributed by atoms with van der Waals surface area (Å²) >= 11 is 11.2. The average Bonchev–Trinajstić information content (AvgIpc) is 1.56. The lowest BCUT2D eigenvalue weighted by Crippen LogP contribution is -1.95. The molecule has 24 rings (SSSR count). The lowest BCUT2D eigenvalue weighted by atomic mass is 9.90. The topological polar surface area (TPSA) is 20.7 Å². The number of rotatable bonds is 3. The predicted octanol–water partition coefficient (Wildman–Crippen LogP) is 30.3. The van der Waals surface area contributed by atoms with Crippen molar-refractivity contribution in [3.8, 4) is 27.9 Å². The molecule has 480 valence electrons. The number of halogens is 1. The van der Waals surface area contributed by atoms with E-state index >= 15 is 0 Å². The minimum atomic E-state index is 1.12. The van der Waals surface area contributed by atoms with E-state index in [-0.39, 0.29) is 0 Å². The van der Waals surface area contributed by atoms with Gasteiger partial charge in [0.05, 0.1) is 16.6 Å². The van der Waals surface area contributed by atoms with Crippen molar-refractivity contribution in [1.29, 1.82) is 0 Å². The van der Waals surface area contributed by atoms with Gasteiger partial charge in [-0.2, -0.15) is 0 Å². The summed E-state index contributed by atoms with van der Waals surface area (Å²) < 4.78 is 14.5. The van der Waals surface area contributed by atoms with Crippen molar-refractivity contribution in [2.75, 3.05) is 0 Å². The van der Waals surface area contributed by atoms with E-state index in [1.165, 1.54) is 217 Å². The monoisotopic (exact) mass is 1440 g/mol. The zero-order valence-electron chi connectivity index (χ0n) is 55.1. The van der Waals surface area contributed by atoms with Crippen LogP contribution in [0.15, 0.2) is 332 Å². The normalized spacial score (nSPS) is 12.1. The van der Waals surface area contributed by atoms with Crippen molar-refractivity contribution in [2.24, 2.45) is 0 Å². The minimum absolute atomic E-state index is 1.12. The molecule has 0 fully saturated rings. The van der Waals surface area contributed by atoms with Gasteiger partial charge in [0.25, 0.3) is 0 Å². The van der Waals surface area contributed by atoms with E-state index in [2.05, 4.69) is 353 Å². The summed E-state index contributed by atoms with van der Waals surface area (Å²) in [7, 11) is 0. The Hall–Kier alpha value is -11.5. The SMILES string of the molecule is Brc1cccc(-c2cccc3c2sc2ccccc23)c1.c1cc(-c2cccc3c2sc2ccccc23)cc(-n2c3ccccc3c3c4c5ccccc5c5c6ccccc6sc5c4c4ccccc4c32)c1.c1ccc2c(c1)[nH]c1c3ccccc3c3c4sc5ccccc5c4c4ccccc4c3c21. The van der Waals surface area contributed by atoms with Gasteiger partial charge in [-0.15, -0.1) is 45.3 Å². The van der Waals surface area contributed by atoms with Crippen LogP contribution in [0.1, 0.15) is 0 Å². The number of thiophene rings is 4. The number of aromatic nitrogens is 2. The summed E-state index contributed by atoms with van der Waals surface area (Å²) in [5.41, 5.74) is 11.2. The van der Waals surface area contributed by atoms with Crippen LogP contribution in [0.5, 0.6) is 0 Å². The molecule has 0 aliphatic carbocycles. The second kappa shape index (κ2) is 23.3. The van der Waals surface area contributed by atoms with Crippen LogP contribution in [0.2, 0.25) is 0 Å². The Morgan fingerprint density at radius 1 is 0.243 bits per heavy atom. The summed E-state index contributed by atoms with van der Waals surface area (Å²) in [6, 6.07) is 120. The molecule has 0 spiro atoms. The maximum Gasteiger partial charge on any atom is 0.0626 e. The molecule has 0 radical (unpaired) electrons. The lowest BCUT2D eigenvalue weighted by molar-refractivity contribution is 1.19. The van der Waals surface area contributed by atoms with Crippen LogP contribution >= 0.6 is 61.3 Å². The maximum atomic E-state index is 3.76. The third-order valence-corrected chi connectivity index (χ3v) is 26.7. The molecule has 0 saturated heterocycles. The highest BCUT2D eigenvalue weighted by atomic mass is 79.9. The standard InChI is InChI=1S/C48H27NS2.C30H17NS.C18H11BrS/c1-2-17-33-32(16-1)42-38-21-7-10-26-41(38)51-48(42)45-34-18-3-4-19-35(34)46-44(43(33)45)37-20-5-8-24-39(37)49(46)29-14-11-13-28(27-29)30-22-12-23-36-31-15-6-9-25-40(31)50-47(30)36;1-2-10-18-17(9-1)25-22-14-6-8-16-24(22)32-30(25)28-19-11-3-4-12-20(19)29-27(26(18)28)21-13-5-7-15-23(21)31-29;19-13-6-3-5-12(11-13)14-8-4-9-16-15-7-1-2-10-17(15)20-18(14)16/h1-27H;1-16,31H;1-11H. The molecule has 2 nitrogen and oxygen atoms in total. The third kappa shape index (κ3) is 8.88. The van der Waals surface area contributed by atoms with E-state index in [0.29, 0.717) is 0 Å². The fraction of sp³-hybridized carbons (Fsp3) is 0. The molecular formula is C96H55BrN2S4. The van der Waals surface area contributed by atoms with E-state index in [1.54, 1.807) is 0 Å². The van der Waals surface area contributed by atoms with E-state index in [1.807, 2.05) is 45.3 Å². The van der Waals surface area contributed by atoms with Gasteiger partial charge in [-0.25, -0.2) is 0 Å².